The van der Waals surface area contributed by atoms with Crippen molar-refractivity contribution in [1.29, 1.82) is 0 Å². The normalized spacial score (nSPS) is 12.7. The Morgan fingerprint density at radius 1 is 0.696 bits per heavy atom. The zero-order valence-electron chi connectivity index (χ0n) is 45.5. The summed E-state index contributed by atoms with van der Waals surface area (Å²) in [5.74, 6) is -1.33. The summed E-state index contributed by atoms with van der Waals surface area (Å²) in [6.07, 6.45) is 0.0656. The Morgan fingerprint density at radius 3 is 1.71 bits per heavy atom. The molecule has 8 aromatic rings. The van der Waals surface area contributed by atoms with Crippen LogP contribution in [0.5, 0.6) is 0 Å². The molecule has 3 amide bonds. The van der Waals surface area contributed by atoms with Crippen molar-refractivity contribution in [2.45, 2.75) is 53.5 Å². The number of esters is 1. The van der Waals surface area contributed by atoms with Crippen LogP contribution in [0, 0.1) is 23.6 Å². The average molecular weight is 1070 g/mol. The third-order valence-electron chi connectivity index (χ3n) is 13.4. The van der Waals surface area contributed by atoms with Gasteiger partial charge in [-0.3, -0.25) is 19.2 Å². The lowest BCUT2D eigenvalue weighted by Crippen LogP contribution is -2.37. The van der Waals surface area contributed by atoms with E-state index in [0.29, 0.717) is 91.2 Å². The van der Waals surface area contributed by atoms with Gasteiger partial charge in [0.25, 0.3) is 11.8 Å². The Hall–Kier alpha value is -9.43. The number of nitrogens with zero attached hydrogens (tertiary/aromatic N) is 4. The molecule has 1 aliphatic heterocycles. The van der Waals surface area contributed by atoms with Gasteiger partial charge in [-0.05, 0) is 118 Å². The van der Waals surface area contributed by atoms with Crippen molar-refractivity contribution in [3.05, 3.63) is 167 Å². The van der Waals surface area contributed by atoms with E-state index < -0.39 is 22.7 Å². The second-order valence-electron chi connectivity index (χ2n) is 20.1. The highest BCUT2D eigenvalue weighted by atomic mass is 19.1. The van der Waals surface area contributed by atoms with Crippen LogP contribution in [0.4, 0.5) is 20.2 Å². The van der Waals surface area contributed by atoms with Gasteiger partial charge in [-0.1, -0.05) is 49.2 Å². The summed E-state index contributed by atoms with van der Waals surface area (Å²) in [6.45, 7) is 19.5. The summed E-state index contributed by atoms with van der Waals surface area (Å²) < 4.78 is 45.0. The van der Waals surface area contributed by atoms with Gasteiger partial charge >= 0.3 is 5.97 Å². The van der Waals surface area contributed by atoms with Gasteiger partial charge < -0.3 is 34.4 Å². The van der Waals surface area contributed by atoms with Gasteiger partial charge in [0.2, 0.25) is 11.8 Å². The second-order valence-corrected chi connectivity index (χ2v) is 20.1. The van der Waals surface area contributed by atoms with Crippen molar-refractivity contribution in [1.82, 2.24) is 15.5 Å². The largest absolute Gasteiger partial charge is 0.455 e. The van der Waals surface area contributed by atoms with E-state index in [4.69, 9.17) is 20.1 Å². The Kier molecular flexibility index (Phi) is 16.0. The fourth-order valence-corrected chi connectivity index (χ4v) is 9.42. The monoisotopic (exact) mass is 1070 g/mol. The molecule has 3 N–H and O–H groups in total. The molecule has 17 heteroatoms. The van der Waals surface area contributed by atoms with E-state index in [1.165, 1.54) is 41.2 Å². The summed E-state index contributed by atoms with van der Waals surface area (Å²) in [5, 5.41) is 11.3. The molecule has 0 aliphatic carbocycles. The third-order valence-corrected chi connectivity index (χ3v) is 13.4. The zero-order valence-corrected chi connectivity index (χ0v) is 45.5. The minimum absolute atomic E-state index is 0.0656. The van der Waals surface area contributed by atoms with Crippen molar-refractivity contribution in [3.63, 3.8) is 0 Å². The predicted molar refractivity (Wildman–Crippen MR) is 303 cm³/mol. The Bertz CT molecular complexity index is 3770. The number of aliphatic imine (C=N–C) groups is 1. The van der Waals surface area contributed by atoms with Gasteiger partial charge in [0.1, 0.15) is 40.0 Å². The first-order valence-corrected chi connectivity index (χ1v) is 25.5. The van der Waals surface area contributed by atoms with Crippen molar-refractivity contribution in [2.75, 3.05) is 51.6 Å². The first-order chi connectivity index (χ1) is 37.6. The van der Waals surface area contributed by atoms with Gasteiger partial charge in [0.05, 0.1) is 23.1 Å². The first-order valence-electron chi connectivity index (χ1n) is 25.5. The van der Waals surface area contributed by atoms with E-state index in [-0.39, 0.29) is 41.6 Å². The number of hydrogen-bond acceptors (Lipinski definition) is 11. The van der Waals surface area contributed by atoms with Crippen LogP contribution in [-0.2, 0) is 14.3 Å². The quantitative estimate of drug-likeness (QED) is 0.0387. The number of amides is 3. The smallest absolute Gasteiger partial charge is 0.340 e. The number of anilines is 2. The maximum atomic E-state index is 13.6. The van der Waals surface area contributed by atoms with E-state index in [9.17, 15) is 32.8 Å². The van der Waals surface area contributed by atoms with Crippen molar-refractivity contribution < 1.29 is 46.3 Å². The van der Waals surface area contributed by atoms with Gasteiger partial charge in [0, 0.05) is 103 Å². The van der Waals surface area contributed by atoms with Crippen LogP contribution in [0.2, 0.25) is 0 Å². The molecule has 3 heterocycles. The Labute approximate surface area is 456 Å². The molecule has 0 saturated heterocycles. The van der Waals surface area contributed by atoms with E-state index in [1.54, 1.807) is 97.4 Å². The molecule has 15 nitrogen and oxygen atoms in total. The molecule has 0 unspecified atom stereocenters. The minimum atomic E-state index is -0.978. The predicted octanol–water partition coefficient (Wildman–Crippen LogP) is 12.4. The number of Topliss-reactive ketones (excluding diaryl/α,β-unsaturated/α-hetero) is 1. The molecule has 404 valence electrons. The number of carbonyl (C=O) groups excluding carboxylic acids is 5. The van der Waals surface area contributed by atoms with E-state index in [0.717, 1.165) is 22.4 Å². The summed E-state index contributed by atoms with van der Waals surface area (Å²) in [6, 6.07) is 33.3. The number of benzene rings is 6. The molecular formula is C62H59F2N7O8. The van der Waals surface area contributed by atoms with E-state index >= 15 is 0 Å². The molecule has 0 saturated carbocycles. The maximum Gasteiger partial charge on any atom is 0.340 e. The number of rotatable bonds is 15. The number of hydrogen-bond donors (Lipinski definition) is 3. The third kappa shape index (κ3) is 11.4. The molecule has 2 aromatic heterocycles. The number of fused-ring (bicyclic) bond motifs is 2. The molecule has 1 aliphatic rings. The summed E-state index contributed by atoms with van der Waals surface area (Å²) >= 11 is 0. The molecule has 79 heavy (non-hydrogen) atoms. The number of ketones is 1. The molecule has 0 bridgehead atoms. The fraction of sp³-hybridized carbons (Fsp3) is 0.242. The second kappa shape index (κ2) is 22.6. The highest BCUT2D eigenvalue weighted by molar-refractivity contribution is 6.15. The number of cyclic esters (lactones) is 1. The molecule has 0 atom stereocenters. The van der Waals surface area contributed by atoms with Gasteiger partial charge in [-0.2, -0.15) is 11.5 Å². The average Bonchev–Trinajstić information content (AvgIpc) is 4.26. The summed E-state index contributed by atoms with van der Waals surface area (Å²) in [5.41, 5.74) is 6.21. The zero-order chi connectivity index (χ0) is 57.1. The lowest BCUT2D eigenvalue weighted by Gasteiger charge is -2.26. The topological polar surface area (TPSA) is 180 Å². The molecule has 0 radical (unpaired) electrons. The van der Waals surface area contributed by atoms with E-state index in [2.05, 4.69) is 25.9 Å². The van der Waals surface area contributed by atoms with Crippen molar-refractivity contribution in [3.8, 4) is 44.9 Å². The molecule has 0 spiro atoms. The summed E-state index contributed by atoms with van der Waals surface area (Å²) in [4.78, 5) is 73.8. The summed E-state index contributed by atoms with van der Waals surface area (Å²) in [7, 11) is 6.43. The number of nitrogens with one attached hydrogen (secondary N) is 3. The van der Waals surface area contributed by atoms with Crippen LogP contribution in [0.15, 0.2) is 135 Å². The van der Waals surface area contributed by atoms with Gasteiger partial charge in [0.15, 0.2) is 11.3 Å². The van der Waals surface area contributed by atoms with Crippen molar-refractivity contribution in [2.24, 2.45) is 10.4 Å². The highest BCUT2D eigenvalue weighted by Gasteiger charge is 2.38. The lowest BCUT2D eigenvalue weighted by atomic mass is 9.84. The van der Waals surface area contributed by atoms with Crippen LogP contribution in [0.25, 0.3) is 71.8 Å². The maximum absolute atomic E-state index is 13.6. The molecular weight excluding hydrogens is 1010 g/mol. The highest BCUT2D eigenvalue weighted by Crippen LogP contribution is 2.43. The van der Waals surface area contributed by atoms with Crippen molar-refractivity contribution >= 4 is 68.7 Å². The molecule has 6 aromatic carbocycles. The first kappa shape index (κ1) is 55.8. The SMILES string of the molecule is CCNc1cc2oc(-c3ccc(F)cc3)c(C(=O)NC)c2cc1-c1cccc(C(=O)CC(C)(C)C(=O)N(C)C)c1.[C-]#[N+]N(CC)c1cc2oc(-c3ccc(F)cc3)c(C(=O)NC)c2cc1-c1cccc(C2=NC(C)(C)C(=O)O2)c1. The standard InChI is InChI=1S/C32H34FN3O4.C30H25FN4O4/c1-7-35-25-17-27-24(28(30(38)34-4)29(40-27)19-11-13-22(33)14-12-19)16-23(25)20-9-8-10-21(15-20)26(37)18-32(2,3)31(39)36(5)6;1-6-35(33-5)23-16-24-22(25(27(36)32-4)26(38-24)17-10-12-20(31)13-11-17)15-21(23)18-8-7-9-19(14-18)28-34-30(2,3)29(37)39-28/h8-17,35H,7,18H2,1-6H3,(H,34,38);7-16H,6H2,1-4H3,(H,32,36). The van der Waals surface area contributed by atoms with Crippen LogP contribution >= 0.6 is 0 Å². The lowest BCUT2D eigenvalue weighted by molar-refractivity contribution is -0.138. The number of halogens is 2. The van der Waals surface area contributed by atoms with Crippen LogP contribution in [0.3, 0.4) is 0 Å². The Morgan fingerprint density at radius 2 is 1.22 bits per heavy atom. The number of furan rings is 2. The number of ether oxygens (including phenoxy) is 1. The van der Waals surface area contributed by atoms with Crippen LogP contribution < -0.4 is 21.0 Å². The minimum Gasteiger partial charge on any atom is -0.455 e. The molecule has 9 rings (SSSR count). The van der Waals surface area contributed by atoms with Gasteiger partial charge in [-0.25, -0.2) is 18.6 Å². The van der Waals surface area contributed by atoms with E-state index in [1.807, 2.05) is 62.4 Å². The number of carbonyl (C=O) groups is 5. The van der Waals surface area contributed by atoms with Crippen LogP contribution in [-0.4, -0.2) is 87.1 Å². The van der Waals surface area contributed by atoms with Gasteiger partial charge in [-0.15, -0.1) is 0 Å². The fourth-order valence-electron chi connectivity index (χ4n) is 9.42. The van der Waals surface area contributed by atoms with Crippen LogP contribution in [0.1, 0.15) is 84.6 Å². The Balaban J connectivity index is 0.000000208. The molecule has 0 fully saturated rings.